The maximum absolute atomic E-state index is 13.1. The highest BCUT2D eigenvalue weighted by Crippen LogP contribution is 2.25. The lowest BCUT2D eigenvalue weighted by molar-refractivity contribution is 0.364. The Bertz CT molecular complexity index is 1450. The Labute approximate surface area is 178 Å². The number of benzene rings is 3. The van der Waals surface area contributed by atoms with Crippen LogP contribution in [-0.4, -0.2) is 19.9 Å². The van der Waals surface area contributed by atoms with Gasteiger partial charge in [-0.3, -0.25) is 4.79 Å². The Morgan fingerprint density at radius 1 is 0.871 bits per heavy atom. The number of hydrogen-bond acceptors (Lipinski definition) is 5. The molecule has 0 fully saturated rings. The number of aryl methyl sites for hydroxylation is 2. The van der Waals surface area contributed by atoms with Crippen molar-refractivity contribution in [1.82, 2.24) is 19.9 Å². The predicted molar refractivity (Wildman–Crippen MR) is 120 cm³/mol. The predicted octanol–water partition coefficient (Wildman–Crippen LogP) is 4.78. The lowest BCUT2D eigenvalue weighted by atomic mass is 10.0. The summed E-state index contributed by atoms with van der Waals surface area (Å²) in [6.45, 7) is 4.13. The van der Waals surface area contributed by atoms with E-state index >= 15 is 0 Å². The first kappa shape index (κ1) is 18.9. The minimum absolute atomic E-state index is 0.0986. The monoisotopic (exact) mass is 408 g/mol. The van der Waals surface area contributed by atoms with Gasteiger partial charge >= 0.3 is 0 Å². The van der Waals surface area contributed by atoms with Crippen LogP contribution in [0.3, 0.4) is 0 Å². The molecule has 0 aliphatic rings. The topological polar surface area (TPSA) is 73.8 Å². The molecule has 152 valence electrons. The van der Waals surface area contributed by atoms with E-state index in [4.69, 9.17) is 4.52 Å². The molecule has 31 heavy (non-hydrogen) atoms. The van der Waals surface area contributed by atoms with Crippen LogP contribution in [0.1, 0.15) is 17.0 Å². The largest absolute Gasteiger partial charge is 0.337 e. The summed E-state index contributed by atoms with van der Waals surface area (Å²) in [6.07, 6.45) is 0. The van der Waals surface area contributed by atoms with Crippen molar-refractivity contribution >= 4 is 10.8 Å². The summed E-state index contributed by atoms with van der Waals surface area (Å²) in [7, 11) is 0. The van der Waals surface area contributed by atoms with Crippen molar-refractivity contribution in [3.8, 4) is 22.6 Å². The van der Waals surface area contributed by atoms with Crippen molar-refractivity contribution in [1.29, 1.82) is 0 Å². The maximum Gasteiger partial charge on any atom is 0.275 e. The summed E-state index contributed by atoms with van der Waals surface area (Å²) in [4.78, 5) is 17.6. The molecular weight excluding hydrogens is 388 g/mol. The van der Waals surface area contributed by atoms with Crippen LogP contribution in [0, 0.1) is 13.8 Å². The van der Waals surface area contributed by atoms with Crippen LogP contribution < -0.4 is 5.56 Å². The Morgan fingerprint density at radius 2 is 1.58 bits per heavy atom. The Morgan fingerprint density at radius 3 is 2.35 bits per heavy atom. The van der Waals surface area contributed by atoms with Gasteiger partial charge < -0.3 is 4.52 Å². The van der Waals surface area contributed by atoms with E-state index in [-0.39, 0.29) is 12.1 Å². The molecule has 5 aromatic rings. The van der Waals surface area contributed by atoms with Crippen LogP contribution in [0.5, 0.6) is 0 Å². The standard InChI is InChI=1S/C25H20N4O2/c1-16-11-13-18(14-12-16)23-20-9-5-6-10-21(20)25(30)29(27-23)15-22-26-24(28-31-22)19-8-4-3-7-17(19)2/h3-14H,15H2,1-2H3. The second-order valence-corrected chi connectivity index (χ2v) is 7.55. The van der Waals surface area contributed by atoms with Crippen molar-refractivity contribution in [2.45, 2.75) is 20.4 Å². The third-order valence-corrected chi connectivity index (χ3v) is 5.33. The summed E-state index contributed by atoms with van der Waals surface area (Å²) in [6, 6.07) is 23.5. The lowest BCUT2D eigenvalue weighted by Crippen LogP contribution is -2.24. The summed E-state index contributed by atoms with van der Waals surface area (Å²) < 4.78 is 6.84. The van der Waals surface area contributed by atoms with Crippen molar-refractivity contribution in [3.63, 3.8) is 0 Å². The molecule has 0 unspecified atom stereocenters. The molecule has 0 saturated heterocycles. The van der Waals surface area contributed by atoms with Gasteiger partial charge in [0.1, 0.15) is 6.54 Å². The molecule has 6 heteroatoms. The second kappa shape index (κ2) is 7.65. The Balaban J connectivity index is 1.60. The number of nitrogens with zero attached hydrogens (tertiary/aromatic N) is 4. The van der Waals surface area contributed by atoms with Crippen LogP contribution in [0.15, 0.2) is 82.1 Å². The Kier molecular flexibility index (Phi) is 4.67. The molecule has 0 aliphatic heterocycles. The molecule has 0 saturated carbocycles. The highest BCUT2D eigenvalue weighted by molar-refractivity contribution is 5.93. The zero-order valence-corrected chi connectivity index (χ0v) is 17.2. The van der Waals surface area contributed by atoms with Gasteiger partial charge in [-0.2, -0.15) is 10.1 Å². The zero-order valence-electron chi connectivity index (χ0n) is 17.2. The molecule has 2 heterocycles. The van der Waals surface area contributed by atoms with Crippen molar-refractivity contribution < 1.29 is 4.52 Å². The fourth-order valence-electron chi connectivity index (χ4n) is 3.65. The van der Waals surface area contributed by atoms with Crippen LogP contribution in [0.25, 0.3) is 33.4 Å². The maximum atomic E-state index is 13.1. The van der Waals surface area contributed by atoms with Gasteiger partial charge in [-0.1, -0.05) is 77.5 Å². The van der Waals surface area contributed by atoms with E-state index in [1.165, 1.54) is 4.68 Å². The van der Waals surface area contributed by atoms with Gasteiger partial charge in [0.15, 0.2) is 0 Å². The minimum Gasteiger partial charge on any atom is -0.337 e. The number of rotatable bonds is 4. The molecule has 0 radical (unpaired) electrons. The summed E-state index contributed by atoms with van der Waals surface area (Å²) in [5, 5.41) is 10.2. The highest BCUT2D eigenvalue weighted by atomic mass is 16.5. The Hall–Kier alpha value is -4.06. The van der Waals surface area contributed by atoms with Crippen molar-refractivity contribution in [2.24, 2.45) is 0 Å². The van der Waals surface area contributed by atoms with Gasteiger partial charge in [-0.25, -0.2) is 4.68 Å². The average Bonchev–Trinajstić information content (AvgIpc) is 3.25. The van der Waals surface area contributed by atoms with E-state index in [2.05, 4.69) is 15.2 Å². The van der Waals surface area contributed by atoms with Crippen molar-refractivity contribution in [3.05, 3.63) is 100 Å². The quantitative estimate of drug-likeness (QED) is 0.428. The third kappa shape index (κ3) is 3.53. The van der Waals surface area contributed by atoms with Gasteiger partial charge in [0.2, 0.25) is 11.7 Å². The van der Waals surface area contributed by atoms with Crippen molar-refractivity contribution in [2.75, 3.05) is 0 Å². The lowest BCUT2D eigenvalue weighted by Gasteiger charge is -2.10. The van der Waals surface area contributed by atoms with E-state index in [0.29, 0.717) is 17.1 Å². The van der Waals surface area contributed by atoms with E-state index in [1.807, 2.05) is 86.6 Å². The first-order chi connectivity index (χ1) is 15.1. The van der Waals surface area contributed by atoms with Gasteiger partial charge in [0.25, 0.3) is 5.56 Å². The summed E-state index contributed by atoms with van der Waals surface area (Å²) >= 11 is 0. The molecule has 0 spiro atoms. The van der Waals surface area contributed by atoms with E-state index in [1.54, 1.807) is 0 Å². The molecule has 0 bridgehead atoms. The van der Waals surface area contributed by atoms with Gasteiger partial charge in [0, 0.05) is 16.5 Å². The first-order valence-electron chi connectivity index (χ1n) is 10.1. The second-order valence-electron chi connectivity index (χ2n) is 7.55. The molecule has 2 aromatic heterocycles. The van der Waals surface area contributed by atoms with Gasteiger partial charge in [-0.15, -0.1) is 0 Å². The normalized spacial score (nSPS) is 11.2. The fraction of sp³-hybridized carbons (Fsp3) is 0.120. The summed E-state index contributed by atoms with van der Waals surface area (Å²) in [5.41, 5.74) is 4.61. The van der Waals surface area contributed by atoms with Gasteiger partial charge in [0.05, 0.1) is 11.1 Å². The fourth-order valence-corrected chi connectivity index (χ4v) is 3.65. The van der Waals surface area contributed by atoms with Crippen LogP contribution in [-0.2, 0) is 6.54 Å². The average molecular weight is 408 g/mol. The molecule has 5 rings (SSSR count). The molecule has 0 amide bonds. The highest BCUT2D eigenvalue weighted by Gasteiger charge is 2.16. The van der Waals surface area contributed by atoms with E-state index < -0.39 is 0 Å². The van der Waals surface area contributed by atoms with Crippen LogP contribution in [0.4, 0.5) is 0 Å². The summed E-state index contributed by atoms with van der Waals surface area (Å²) in [5.74, 6) is 0.832. The molecule has 6 nitrogen and oxygen atoms in total. The van der Waals surface area contributed by atoms with Crippen LogP contribution in [0.2, 0.25) is 0 Å². The SMILES string of the molecule is Cc1ccc(-c2nn(Cc3nc(-c4ccccc4C)no3)c(=O)c3ccccc23)cc1. The van der Waals surface area contributed by atoms with Crippen LogP contribution >= 0.6 is 0 Å². The first-order valence-corrected chi connectivity index (χ1v) is 10.1. The number of hydrogen-bond donors (Lipinski definition) is 0. The zero-order chi connectivity index (χ0) is 21.4. The molecule has 3 aromatic carbocycles. The third-order valence-electron chi connectivity index (χ3n) is 5.33. The molecule has 0 N–H and O–H groups in total. The minimum atomic E-state index is -0.192. The smallest absolute Gasteiger partial charge is 0.275 e. The molecule has 0 aliphatic carbocycles. The molecular formula is C25H20N4O2. The number of aromatic nitrogens is 4. The van der Waals surface area contributed by atoms with Gasteiger partial charge in [-0.05, 0) is 25.5 Å². The van der Waals surface area contributed by atoms with E-state index in [0.717, 1.165) is 33.3 Å². The van der Waals surface area contributed by atoms with E-state index in [9.17, 15) is 4.79 Å². The number of fused-ring (bicyclic) bond motifs is 1. The molecule has 0 atom stereocenters.